The predicted molar refractivity (Wildman–Crippen MR) is 106 cm³/mol. The Morgan fingerprint density at radius 2 is 1.61 bits per heavy atom. The molecule has 2 aromatic carbocycles. The highest BCUT2D eigenvalue weighted by Crippen LogP contribution is 2.28. The van der Waals surface area contributed by atoms with Crippen molar-refractivity contribution in [3.63, 3.8) is 0 Å². The molecule has 0 unspecified atom stereocenters. The highest BCUT2D eigenvalue weighted by atomic mass is 16.5. The molecule has 2 rings (SSSR count). The van der Waals surface area contributed by atoms with Crippen LogP contribution in [0.4, 0.5) is 0 Å². The predicted octanol–water partition coefficient (Wildman–Crippen LogP) is 4.00. The topological polar surface area (TPSA) is 71.1 Å². The molecule has 6 heteroatoms. The van der Waals surface area contributed by atoms with Gasteiger partial charge in [0.2, 0.25) is 0 Å². The molecule has 148 valence electrons. The maximum absolute atomic E-state index is 12.0. The lowest BCUT2D eigenvalue weighted by Crippen LogP contribution is -2.04. The molecule has 0 radical (unpaired) electrons. The van der Waals surface area contributed by atoms with Gasteiger partial charge in [0.1, 0.15) is 12.4 Å². The van der Waals surface area contributed by atoms with E-state index in [-0.39, 0.29) is 12.6 Å². The van der Waals surface area contributed by atoms with Crippen LogP contribution >= 0.6 is 0 Å². The summed E-state index contributed by atoms with van der Waals surface area (Å²) in [5.74, 6) is 0.897. The summed E-state index contributed by atoms with van der Waals surface area (Å²) in [6, 6.07) is 9.00. The normalized spacial score (nSPS) is 10.6. The highest BCUT2D eigenvalue weighted by Gasteiger charge is 2.09. The Balaban J connectivity index is 2.01. The monoisotopic (exact) mass is 384 g/mol. The van der Waals surface area contributed by atoms with Gasteiger partial charge in [-0.25, -0.2) is 4.79 Å². The number of hydrogen-bond donors (Lipinski definition) is 0. The largest absolute Gasteiger partial charge is 0.493 e. The smallest absolute Gasteiger partial charge is 0.331 e. The average Bonchev–Trinajstić information content (AvgIpc) is 2.67. The average molecular weight is 384 g/mol. The van der Waals surface area contributed by atoms with Crippen molar-refractivity contribution in [2.75, 3.05) is 14.2 Å². The molecule has 0 saturated heterocycles. The fourth-order valence-corrected chi connectivity index (χ4v) is 2.72. The SMILES string of the molecule is COc1ccc(COC(=O)/C=C/c2cc(C)c(OC(C)=O)c(C)c2)cc1OC. The molecule has 0 atom stereocenters. The molecule has 0 bridgehead atoms. The van der Waals surface area contributed by atoms with E-state index in [9.17, 15) is 9.59 Å². The van der Waals surface area contributed by atoms with Gasteiger partial charge in [-0.2, -0.15) is 0 Å². The Hall–Kier alpha value is -3.28. The number of aryl methyl sites for hydroxylation is 2. The van der Waals surface area contributed by atoms with Crippen LogP contribution in [0.3, 0.4) is 0 Å². The minimum absolute atomic E-state index is 0.118. The van der Waals surface area contributed by atoms with Crippen LogP contribution in [0, 0.1) is 13.8 Å². The van der Waals surface area contributed by atoms with Gasteiger partial charge in [-0.1, -0.05) is 6.07 Å². The molecule has 0 heterocycles. The first-order valence-electron chi connectivity index (χ1n) is 8.69. The quantitative estimate of drug-likeness (QED) is 0.408. The maximum Gasteiger partial charge on any atom is 0.331 e. The molecule has 0 aliphatic carbocycles. The summed E-state index contributed by atoms with van der Waals surface area (Å²) in [5.41, 5.74) is 3.23. The number of rotatable bonds is 7. The van der Waals surface area contributed by atoms with E-state index in [4.69, 9.17) is 18.9 Å². The Morgan fingerprint density at radius 3 is 2.18 bits per heavy atom. The van der Waals surface area contributed by atoms with Gasteiger partial charge >= 0.3 is 11.9 Å². The van der Waals surface area contributed by atoms with Gasteiger partial charge in [0.15, 0.2) is 11.5 Å². The van der Waals surface area contributed by atoms with Crippen molar-refractivity contribution in [3.05, 3.63) is 58.7 Å². The third-order valence-corrected chi connectivity index (χ3v) is 3.97. The van der Waals surface area contributed by atoms with E-state index in [1.54, 1.807) is 38.5 Å². The zero-order valence-corrected chi connectivity index (χ0v) is 16.7. The Kier molecular flexibility index (Phi) is 7.21. The molecule has 6 nitrogen and oxygen atoms in total. The third kappa shape index (κ3) is 5.61. The van der Waals surface area contributed by atoms with Crippen molar-refractivity contribution < 1.29 is 28.5 Å². The maximum atomic E-state index is 12.0. The fraction of sp³-hybridized carbons (Fsp3) is 0.273. The Morgan fingerprint density at radius 1 is 0.964 bits per heavy atom. The van der Waals surface area contributed by atoms with E-state index in [0.717, 1.165) is 22.3 Å². The lowest BCUT2D eigenvalue weighted by atomic mass is 10.1. The van der Waals surface area contributed by atoms with Crippen LogP contribution in [0.15, 0.2) is 36.4 Å². The van der Waals surface area contributed by atoms with E-state index >= 15 is 0 Å². The van der Waals surface area contributed by atoms with E-state index in [2.05, 4.69) is 0 Å². The molecule has 2 aromatic rings. The van der Waals surface area contributed by atoms with E-state index < -0.39 is 5.97 Å². The number of hydrogen-bond acceptors (Lipinski definition) is 6. The molecule has 0 saturated carbocycles. The number of carbonyl (C=O) groups is 2. The summed E-state index contributed by atoms with van der Waals surface area (Å²) < 4.78 is 20.9. The lowest BCUT2D eigenvalue weighted by molar-refractivity contribution is -0.139. The molecule has 28 heavy (non-hydrogen) atoms. The number of benzene rings is 2. The van der Waals surface area contributed by atoms with Gasteiger partial charge < -0.3 is 18.9 Å². The molecular weight excluding hydrogens is 360 g/mol. The number of esters is 2. The minimum atomic E-state index is -0.464. The molecule has 0 aliphatic heterocycles. The van der Waals surface area contributed by atoms with Crippen molar-refractivity contribution in [1.82, 2.24) is 0 Å². The van der Waals surface area contributed by atoms with Crippen LogP contribution < -0.4 is 14.2 Å². The van der Waals surface area contributed by atoms with Crippen LogP contribution in [-0.4, -0.2) is 26.2 Å². The first kappa shape index (κ1) is 21.0. The molecule has 0 fully saturated rings. The second kappa shape index (κ2) is 9.60. The van der Waals surface area contributed by atoms with E-state index in [0.29, 0.717) is 17.2 Å². The molecular formula is C22H24O6. The van der Waals surface area contributed by atoms with Crippen LogP contribution in [0.5, 0.6) is 17.2 Å². The zero-order chi connectivity index (χ0) is 20.7. The summed E-state index contributed by atoms with van der Waals surface area (Å²) in [6.07, 6.45) is 3.02. The van der Waals surface area contributed by atoms with Gasteiger partial charge in [0.05, 0.1) is 14.2 Å². The van der Waals surface area contributed by atoms with Crippen molar-refractivity contribution in [3.8, 4) is 17.2 Å². The Labute approximate surface area is 164 Å². The molecule has 0 spiro atoms. The van der Waals surface area contributed by atoms with Crippen LogP contribution in [-0.2, 0) is 20.9 Å². The van der Waals surface area contributed by atoms with Crippen molar-refractivity contribution in [2.45, 2.75) is 27.4 Å². The highest BCUT2D eigenvalue weighted by molar-refractivity contribution is 5.87. The van der Waals surface area contributed by atoms with E-state index in [1.807, 2.05) is 26.0 Å². The molecule has 0 amide bonds. The molecule has 0 aromatic heterocycles. The van der Waals surface area contributed by atoms with Crippen molar-refractivity contribution in [2.24, 2.45) is 0 Å². The zero-order valence-electron chi connectivity index (χ0n) is 16.7. The second-order valence-electron chi connectivity index (χ2n) is 6.21. The first-order chi connectivity index (χ1) is 13.3. The van der Waals surface area contributed by atoms with Crippen LogP contribution in [0.2, 0.25) is 0 Å². The standard InChI is InChI=1S/C22H24O6/c1-14-10-17(11-15(2)22(14)28-16(3)23)7-9-21(24)27-13-18-6-8-19(25-4)20(12-18)26-5/h6-12H,13H2,1-5H3/b9-7+. The summed E-state index contributed by atoms with van der Waals surface area (Å²) in [4.78, 5) is 23.2. The lowest BCUT2D eigenvalue weighted by Gasteiger charge is -2.10. The fourth-order valence-electron chi connectivity index (χ4n) is 2.72. The number of carbonyl (C=O) groups excluding carboxylic acids is 2. The van der Waals surface area contributed by atoms with Gasteiger partial charge in [0, 0.05) is 13.0 Å². The number of ether oxygens (including phenoxy) is 4. The summed E-state index contributed by atoms with van der Waals surface area (Å²) in [6.45, 7) is 5.17. The summed E-state index contributed by atoms with van der Waals surface area (Å²) in [5, 5.41) is 0. The molecule has 0 aliphatic rings. The molecule has 0 N–H and O–H groups in total. The van der Waals surface area contributed by atoms with Gasteiger partial charge in [-0.05, 0) is 66.4 Å². The van der Waals surface area contributed by atoms with Gasteiger partial charge in [-0.15, -0.1) is 0 Å². The minimum Gasteiger partial charge on any atom is -0.493 e. The van der Waals surface area contributed by atoms with Crippen molar-refractivity contribution in [1.29, 1.82) is 0 Å². The third-order valence-electron chi connectivity index (χ3n) is 3.97. The summed E-state index contributed by atoms with van der Waals surface area (Å²) in [7, 11) is 3.11. The second-order valence-corrected chi connectivity index (χ2v) is 6.21. The van der Waals surface area contributed by atoms with E-state index in [1.165, 1.54) is 13.0 Å². The van der Waals surface area contributed by atoms with Crippen LogP contribution in [0.1, 0.15) is 29.2 Å². The van der Waals surface area contributed by atoms with Gasteiger partial charge in [0.25, 0.3) is 0 Å². The first-order valence-corrected chi connectivity index (χ1v) is 8.69. The van der Waals surface area contributed by atoms with Gasteiger partial charge in [-0.3, -0.25) is 4.79 Å². The van der Waals surface area contributed by atoms with Crippen LogP contribution in [0.25, 0.3) is 6.08 Å². The number of methoxy groups -OCH3 is 2. The Bertz CT molecular complexity index is 875. The van der Waals surface area contributed by atoms with Crippen molar-refractivity contribution >= 4 is 18.0 Å². The summed E-state index contributed by atoms with van der Waals surface area (Å²) >= 11 is 0.